The number of carbonyl (C=O) groups excluding carboxylic acids is 1. The van der Waals surface area contributed by atoms with Crippen molar-refractivity contribution < 1.29 is 9.90 Å². The predicted octanol–water partition coefficient (Wildman–Crippen LogP) is 2.87. The Morgan fingerprint density at radius 2 is 1.71 bits per heavy atom. The first-order chi connectivity index (χ1) is 6.56. The normalized spacial score (nSPS) is 10.8. The van der Waals surface area contributed by atoms with E-state index in [2.05, 4.69) is 0 Å². The summed E-state index contributed by atoms with van der Waals surface area (Å²) in [5, 5.41) is 8.53. The highest BCUT2D eigenvalue weighted by Gasteiger charge is 2.09. The van der Waals surface area contributed by atoms with Crippen LogP contribution in [0.2, 0.25) is 0 Å². The lowest BCUT2D eigenvalue weighted by Gasteiger charge is -2.07. The average molecular weight is 190 g/mol. The first kappa shape index (κ1) is 10.5. The minimum Gasteiger partial charge on any atom is -0.515 e. The van der Waals surface area contributed by atoms with Crippen LogP contribution in [0.4, 0.5) is 0 Å². The van der Waals surface area contributed by atoms with Crippen LogP contribution in [0.5, 0.6) is 0 Å². The Balaban J connectivity index is 3.27. The zero-order valence-electron chi connectivity index (χ0n) is 8.66. The van der Waals surface area contributed by atoms with Crippen LogP contribution in [-0.4, -0.2) is 10.9 Å². The van der Waals surface area contributed by atoms with Crippen molar-refractivity contribution in [2.75, 3.05) is 0 Å². The molecule has 0 heterocycles. The highest BCUT2D eigenvalue weighted by atomic mass is 16.2. The van der Waals surface area contributed by atoms with Gasteiger partial charge in [-0.2, -0.15) is 0 Å². The van der Waals surface area contributed by atoms with Gasteiger partial charge in [-0.15, -0.1) is 0 Å². The van der Waals surface area contributed by atoms with Crippen LogP contribution in [0.3, 0.4) is 0 Å². The maximum Gasteiger partial charge on any atom is 0.189 e. The van der Waals surface area contributed by atoms with E-state index >= 15 is 0 Å². The van der Waals surface area contributed by atoms with E-state index in [1.54, 1.807) is 0 Å². The molecule has 0 bridgehead atoms. The van der Waals surface area contributed by atoms with Gasteiger partial charge in [0, 0.05) is 11.6 Å². The number of benzene rings is 1. The Labute approximate surface area is 83.9 Å². The van der Waals surface area contributed by atoms with E-state index in [9.17, 15) is 4.79 Å². The highest BCUT2D eigenvalue weighted by Crippen LogP contribution is 2.17. The van der Waals surface area contributed by atoms with E-state index in [0.29, 0.717) is 5.56 Å². The fourth-order valence-electron chi connectivity index (χ4n) is 1.72. The fourth-order valence-corrected chi connectivity index (χ4v) is 1.72. The highest BCUT2D eigenvalue weighted by molar-refractivity contribution is 6.06. The lowest BCUT2D eigenvalue weighted by molar-refractivity contribution is 0.104. The topological polar surface area (TPSA) is 37.3 Å². The number of hydrogen-bond acceptors (Lipinski definition) is 2. The van der Waals surface area contributed by atoms with Crippen LogP contribution in [0, 0.1) is 20.8 Å². The molecule has 1 aromatic rings. The number of hydrogen-bond donors (Lipinski definition) is 1. The summed E-state index contributed by atoms with van der Waals surface area (Å²) in [7, 11) is 0. The number of ketones is 1. The molecule has 0 aliphatic carbocycles. The monoisotopic (exact) mass is 190 g/mol. The molecule has 0 amide bonds. The van der Waals surface area contributed by atoms with E-state index in [1.165, 1.54) is 6.08 Å². The molecule has 1 rings (SSSR count). The molecule has 2 heteroatoms. The second kappa shape index (κ2) is 4.09. The van der Waals surface area contributed by atoms with E-state index in [1.807, 2.05) is 32.9 Å². The molecule has 0 aromatic heterocycles. The summed E-state index contributed by atoms with van der Waals surface area (Å²) in [6.07, 6.45) is 1.95. The summed E-state index contributed by atoms with van der Waals surface area (Å²) in [6.45, 7) is 5.80. The van der Waals surface area contributed by atoms with Crippen molar-refractivity contribution >= 4 is 5.78 Å². The number of carbonyl (C=O) groups is 1. The summed E-state index contributed by atoms with van der Waals surface area (Å²) in [5.74, 6) is -0.150. The minimum absolute atomic E-state index is 0.150. The molecule has 1 N–H and O–H groups in total. The van der Waals surface area contributed by atoms with E-state index in [0.717, 1.165) is 23.0 Å². The smallest absolute Gasteiger partial charge is 0.189 e. The van der Waals surface area contributed by atoms with Crippen molar-refractivity contribution in [3.05, 3.63) is 46.7 Å². The van der Waals surface area contributed by atoms with Crippen molar-refractivity contribution in [3.8, 4) is 0 Å². The van der Waals surface area contributed by atoms with E-state index < -0.39 is 0 Å². The van der Waals surface area contributed by atoms with Crippen LogP contribution in [-0.2, 0) is 0 Å². The molecule has 1 aromatic carbocycles. The molecule has 0 radical (unpaired) electrons. The van der Waals surface area contributed by atoms with Crippen LogP contribution in [0.1, 0.15) is 27.0 Å². The second-order valence-corrected chi connectivity index (χ2v) is 3.45. The third-order valence-corrected chi connectivity index (χ3v) is 2.15. The van der Waals surface area contributed by atoms with Crippen LogP contribution in [0.15, 0.2) is 24.5 Å². The maximum atomic E-state index is 11.6. The second-order valence-electron chi connectivity index (χ2n) is 3.45. The lowest BCUT2D eigenvalue weighted by Crippen LogP contribution is -2.02. The average Bonchev–Trinajstić information content (AvgIpc) is 2.01. The molecule has 0 fully saturated rings. The Bertz CT molecular complexity index is 366. The molecule has 0 aliphatic heterocycles. The van der Waals surface area contributed by atoms with Gasteiger partial charge in [0.05, 0.1) is 6.26 Å². The molecular weight excluding hydrogens is 176 g/mol. The molecule has 0 saturated heterocycles. The number of aliphatic hydroxyl groups excluding tert-OH is 1. The van der Waals surface area contributed by atoms with Gasteiger partial charge in [-0.25, -0.2) is 0 Å². The van der Waals surface area contributed by atoms with Crippen molar-refractivity contribution in [2.45, 2.75) is 20.8 Å². The third-order valence-electron chi connectivity index (χ3n) is 2.15. The largest absolute Gasteiger partial charge is 0.515 e. The summed E-state index contributed by atoms with van der Waals surface area (Å²) < 4.78 is 0. The Morgan fingerprint density at radius 3 is 2.14 bits per heavy atom. The van der Waals surface area contributed by atoms with E-state index in [-0.39, 0.29) is 5.78 Å². The SMILES string of the molecule is Cc1cc(C)c(C(=O)C=CO)c(C)c1. The van der Waals surface area contributed by atoms with Crippen LogP contribution >= 0.6 is 0 Å². The molecule has 0 atom stereocenters. The van der Waals surface area contributed by atoms with Gasteiger partial charge in [0.25, 0.3) is 0 Å². The molecular formula is C12H14O2. The predicted molar refractivity (Wildman–Crippen MR) is 56.8 cm³/mol. The lowest BCUT2D eigenvalue weighted by atomic mass is 9.97. The van der Waals surface area contributed by atoms with Gasteiger partial charge >= 0.3 is 0 Å². The first-order valence-electron chi connectivity index (χ1n) is 4.49. The summed E-state index contributed by atoms with van der Waals surface area (Å²) >= 11 is 0. The summed E-state index contributed by atoms with van der Waals surface area (Å²) in [5.41, 5.74) is 3.72. The minimum atomic E-state index is -0.150. The van der Waals surface area contributed by atoms with Crippen molar-refractivity contribution in [1.29, 1.82) is 0 Å². The molecule has 0 unspecified atom stereocenters. The van der Waals surface area contributed by atoms with E-state index in [4.69, 9.17) is 5.11 Å². The summed E-state index contributed by atoms with van der Waals surface area (Å²) in [4.78, 5) is 11.6. The van der Waals surface area contributed by atoms with Crippen molar-refractivity contribution in [1.82, 2.24) is 0 Å². The number of aliphatic hydroxyl groups is 1. The molecule has 2 nitrogen and oxygen atoms in total. The first-order valence-corrected chi connectivity index (χ1v) is 4.49. The standard InChI is InChI=1S/C12H14O2/c1-8-6-9(2)12(10(3)7-8)11(14)4-5-13/h4-7,13H,1-3H3. The Morgan fingerprint density at radius 1 is 1.21 bits per heavy atom. The van der Waals surface area contributed by atoms with Gasteiger partial charge in [-0.1, -0.05) is 17.7 Å². The quantitative estimate of drug-likeness (QED) is 0.442. The number of allylic oxidation sites excluding steroid dienone is 1. The Hall–Kier alpha value is -1.57. The molecule has 0 spiro atoms. The van der Waals surface area contributed by atoms with Crippen LogP contribution in [0.25, 0.3) is 0 Å². The maximum absolute atomic E-state index is 11.6. The molecule has 74 valence electrons. The molecule has 0 saturated carbocycles. The van der Waals surface area contributed by atoms with Gasteiger partial charge in [0.2, 0.25) is 0 Å². The van der Waals surface area contributed by atoms with Crippen LogP contribution < -0.4 is 0 Å². The number of rotatable bonds is 2. The van der Waals surface area contributed by atoms with Crippen molar-refractivity contribution in [2.24, 2.45) is 0 Å². The molecule has 0 aliphatic rings. The molecule has 14 heavy (non-hydrogen) atoms. The van der Waals surface area contributed by atoms with Crippen molar-refractivity contribution in [3.63, 3.8) is 0 Å². The third kappa shape index (κ3) is 2.02. The fraction of sp³-hybridized carbons (Fsp3) is 0.250. The van der Waals surface area contributed by atoms with Gasteiger partial charge in [0.1, 0.15) is 0 Å². The zero-order chi connectivity index (χ0) is 10.7. The van der Waals surface area contributed by atoms with Gasteiger partial charge in [-0.3, -0.25) is 4.79 Å². The zero-order valence-corrected chi connectivity index (χ0v) is 8.66. The Kier molecular flexibility index (Phi) is 3.07. The van der Waals surface area contributed by atoms with Gasteiger partial charge in [-0.05, 0) is 31.9 Å². The van der Waals surface area contributed by atoms with Gasteiger partial charge in [0.15, 0.2) is 5.78 Å². The van der Waals surface area contributed by atoms with Gasteiger partial charge < -0.3 is 5.11 Å². The number of aryl methyl sites for hydroxylation is 3. The summed E-state index contributed by atoms with van der Waals surface area (Å²) in [6, 6.07) is 3.93.